The lowest BCUT2D eigenvalue weighted by Crippen LogP contribution is -2.37. The highest BCUT2D eigenvalue weighted by molar-refractivity contribution is 7.89. The van der Waals surface area contributed by atoms with Gasteiger partial charge < -0.3 is 10.2 Å². The lowest BCUT2D eigenvalue weighted by molar-refractivity contribution is -0.115. The van der Waals surface area contributed by atoms with Gasteiger partial charge in [-0.3, -0.25) is 4.79 Å². The molecule has 1 N–H and O–H groups in total. The molecule has 0 spiro atoms. The normalized spacial score (nSPS) is 19.5. The number of benzene rings is 2. The van der Waals surface area contributed by atoms with Crippen molar-refractivity contribution in [2.24, 2.45) is 0 Å². The number of hydrogen-bond donors (Lipinski definition) is 1. The number of carbonyl (C=O) groups is 1. The molecular weight excluding hydrogens is 398 g/mol. The maximum absolute atomic E-state index is 13.0. The molecular formula is C23H29N3O3S. The van der Waals surface area contributed by atoms with Crippen molar-refractivity contribution in [3.05, 3.63) is 53.6 Å². The molecule has 160 valence electrons. The Kier molecular flexibility index (Phi) is 5.84. The molecule has 0 aliphatic carbocycles. The fourth-order valence-corrected chi connectivity index (χ4v) is 5.91. The number of anilines is 2. The van der Waals surface area contributed by atoms with E-state index in [1.807, 2.05) is 25.1 Å². The van der Waals surface area contributed by atoms with Crippen molar-refractivity contribution >= 4 is 27.3 Å². The van der Waals surface area contributed by atoms with Crippen LogP contribution in [0.2, 0.25) is 0 Å². The minimum atomic E-state index is -3.54. The maximum atomic E-state index is 13.0. The van der Waals surface area contributed by atoms with Crippen LogP contribution in [0.3, 0.4) is 0 Å². The van der Waals surface area contributed by atoms with Crippen LogP contribution >= 0.6 is 0 Å². The molecule has 2 aromatic rings. The average Bonchev–Trinajstić information content (AvgIpc) is 3.05. The zero-order chi connectivity index (χ0) is 21.3. The Morgan fingerprint density at radius 1 is 1.10 bits per heavy atom. The van der Waals surface area contributed by atoms with Crippen LogP contribution in [-0.4, -0.2) is 44.3 Å². The lowest BCUT2D eigenvalue weighted by atomic mass is 10.1. The summed E-state index contributed by atoms with van der Waals surface area (Å²) in [7, 11) is -3.54. The van der Waals surface area contributed by atoms with Gasteiger partial charge in [-0.1, -0.05) is 30.7 Å². The van der Waals surface area contributed by atoms with Gasteiger partial charge in [-0.05, 0) is 62.4 Å². The van der Waals surface area contributed by atoms with Crippen molar-refractivity contribution in [2.45, 2.75) is 50.5 Å². The SMILES string of the molecule is Cc1ccc(S(=O)(=O)N2CCCCC2)cc1NC(=O)CN1c2ccccc2C[C@H]1C. The molecule has 0 saturated carbocycles. The Balaban J connectivity index is 1.51. The Bertz CT molecular complexity index is 1050. The standard InChI is InChI=1S/C23H29N3O3S/c1-17-10-11-20(30(28,29)25-12-6-3-7-13-25)15-21(17)24-23(27)16-26-18(2)14-19-8-4-5-9-22(19)26/h4-5,8-11,15,18H,3,6-7,12-14,16H2,1-2H3,(H,24,27)/t18-/m1/s1. The van der Waals surface area contributed by atoms with Gasteiger partial charge in [-0.2, -0.15) is 4.31 Å². The molecule has 1 fully saturated rings. The zero-order valence-corrected chi connectivity index (χ0v) is 18.4. The Morgan fingerprint density at radius 3 is 2.60 bits per heavy atom. The number of aryl methyl sites for hydroxylation is 1. The molecule has 7 heteroatoms. The third-order valence-electron chi connectivity index (χ3n) is 6.10. The second-order valence-corrected chi connectivity index (χ2v) is 10.2. The number of fused-ring (bicyclic) bond motifs is 1. The summed E-state index contributed by atoms with van der Waals surface area (Å²) in [6.45, 7) is 5.35. The topological polar surface area (TPSA) is 69.7 Å². The first-order valence-electron chi connectivity index (χ1n) is 10.6. The molecule has 1 atom stereocenters. The van der Waals surface area contributed by atoms with E-state index in [4.69, 9.17) is 0 Å². The minimum absolute atomic E-state index is 0.144. The molecule has 0 bridgehead atoms. The van der Waals surface area contributed by atoms with Crippen molar-refractivity contribution in [1.82, 2.24) is 4.31 Å². The largest absolute Gasteiger partial charge is 0.359 e. The van der Waals surface area contributed by atoms with Crippen LogP contribution < -0.4 is 10.2 Å². The van der Waals surface area contributed by atoms with Crippen molar-refractivity contribution in [2.75, 3.05) is 29.9 Å². The summed E-state index contributed by atoms with van der Waals surface area (Å²) in [6, 6.07) is 13.4. The molecule has 1 saturated heterocycles. The molecule has 0 aromatic heterocycles. The van der Waals surface area contributed by atoms with E-state index in [1.54, 1.807) is 22.5 Å². The van der Waals surface area contributed by atoms with Gasteiger partial charge >= 0.3 is 0 Å². The third-order valence-corrected chi connectivity index (χ3v) is 7.99. The van der Waals surface area contributed by atoms with Crippen LogP contribution in [0.4, 0.5) is 11.4 Å². The summed E-state index contributed by atoms with van der Waals surface area (Å²) in [5.74, 6) is -0.144. The third kappa shape index (κ3) is 4.09. The molecule has 2 aliphatic rings. The second-order valence-electron chi connectivity index (χ2n) is 8.30. The van der Waals surface area contributed by atoms with Gasteiger partial charge in [0.2, 0.25) is 15.9 Å². The summed E-state index contributed by atoms with van der Waals surface area (Å²) < 4.78 is 27.6. The predicted molar refractivity (Wildman–Crippen MR) is 119 cm³/mol. The van der Waals surface area contributed by atoms with Crippen molar-refractivity contribution in [3.63, 3.8) is 0 Å². The Morgan fingerprint density at radius 2 is 1.83 bits per heavy atom. The van der Waals surface area contributed by atoms with E-state index in [9.17, 15) is 13.2 Å². The summed E-state index contributed by atoms with van der Waals surface area (Å²) in [6.07, 6.45) is 3.78. The highest BCUT2D eigenvalue weighted by Crippen LogP contribution is 2.31. The lowest BCUT2D eigenvalue weighted by Gasteiger charge is -2.26. The number of para-hydroxylation sites is 1. The smallest absolute Gasteiger partial charge is 0.243 e. The van der Waals surface area contributed by atoms with E-state index in [2.05, 4.69) is 23.2 Å². The maximum Gasteiger partial charge on any atom is 0.243 e. The molecule has 4 rings (SSSR count). The van der Waals surface area contributed by atoms with E-state index >= 15 is 0 Å². The molecule has 0 radical (unpaired) electrons. The van der Waals surface area contributed by atoms with Crippen molar-refractivity contribution in [1.29, 1.82) is 0 Å². The van der Waals surface area contributed by atoms with Crippen LogP contribution in [0, 0.1) is 6.92 Å². The first kappa shape index (κ1) is 20.9. The number of sulfonamides is 1. The molecule has 2 heterocycles. The van der Waals surface area contributed by atoms with Crippen LogP contribution in [0.5, 0.6) is 0 Å². The van der Waals surface area contributed by atoms with E-state index in [0.29, 0.717) is 18.8 Å². The second kappa shape index (κ2) is 8.40. The number of piperidine rings is 1. The first-order valence-corrected chi connectivity index (χ1v) is 12.1. The predicted octanol–water partition coefficient (Wildman–Crippen LogP) is 3.56. The highest BCUT2D eigenvalue weighted by atomic mass is 32.2. The average molecular weight is 428 g/mol. The summed E-state index contributed by atoms with van der Waals surface area (Å²) in [4.78, 5) is 15.2. The fraction of sp³-hybridized carbons (Fsp3) is 0.435. The van der Waals surface area contributed by atoms with Gasteiger partial charge in [0.15, 0.2) is 0 Å². The molecule has 6 nitrogen and oxygen atoms in total. The number of nitrogens with one attached hydrogen (secondary N) is 1. The Labute approximate surface area is 178 Å². The number of hydrogen-bond acceptors (Lipinski definition) is 4. The van der Waals surface area contributed by atoms with Gasteiger partial charge in [-0.25, -0.2) is 8.42 Å². The minimum Gasteiger partial charge on any atom is -0.359 e. The fourth-order valence-electron chi connectivity index (χ4n) is 4.37. The Hall–Kier alpha value is -2.38. The van der Waals surface area contributed by atoms with E-state index in [1.165, 1.54) is 5.56 Å². The van der Waals surface area contributed by atoms with Gasteiger partial charge in [0, 0.05) is 30.5 Å². The highest BCUT2D eigenvalue weighted by Gasteiger charge is 2.28. The molecule has 30 heavy (non-hydrogen) atoms. The van der Waals surface area contributed by atoms with Crippen molar-refractivity contribution in [3.8, 4) is 0 Å². The summed E-state index contributed by atoms with van der Waals surface area (Å²) >= 11 is 0. The van der Waals surface area contributed by atoms with Gasteiger partial charge in [0.05, 0.1) is 11.4 Å². The quantitative estimate of drug-likeness (QED) is 0.792. The number of rotatable bonds is 5. The molecule has 0 unspecified atom stereocenters. The van der Waals surface area contributed by atoms with Crippen LogP contribution in [0.1, 0.15) is 37.3 Å². The molecule has 2 aliphatic heterocycles. The number of nitrogens with zero attached hydrogens (tertiary/aromatic N) is 2. The molecule has 1 amide bonds. The van der Waals surface area contributed by atoms with Crippen molar-refractivity contribution < 1.29 is 13.2 Å². The summed E-state index contributed by atoms with van der Waals surface area (Å²) in [5.41, 5.74) is 3.75. The first-order chi connectivity index (χ1) is 14.4. The van der Waals surface area contributed by atoms with Crippen LogP contribution in [-0.2, 0) is 21.2 Å². The monoisotopic (exact) mass is 427 g/mol. The van der Waals surface area contributed by atoms with Crippen LogP contribution in [0.15, 0.2) is 47.4 Å². The van der Waals surface area contributed by atoms with E-state index in [0.717, 1.165) is 36.9 Å². The van der Waals surface area contributed by atoms with Gasteiger partial charge in [0.1, 0.15) is 0 Å². The van der Waals surface area contributed by atoms with E-state index < -0.39 is 10.0 Å². The number of amides is 1. The van der Waals surface area contributed by atoms with Gasteiger partial charge in [0.25, 0.3) is 0 Å². The van der Waals surface area contributed by atoms with Crippen LogP contribution in [0.25, 0.3) is 0 Å². The van der Waals surface area contributed by atoms with Gasteiger partial charge in [-0.15, -0.1) is 0 Å². The zero-order valence-electron chi connectivity index (χ0n) is 17.6. The number of carbonyl (C=O) groups excluding carboxylic acids is 1. The molecule has 2 aromatic carbocycles. The summed E-state index contributed by atoms with van der Waals surface area (Å²) in [5, 5.41) is 2.94. The van der Waals surface area contributed by atoms with E-state index in [-0.39, 0.29) is 23.4 Å².